The van der Waals surface area contributed by atoms with E-state index in [0.717, 1.165) is 15.6 Å². The van der Waals surface area contributed by atoms with Gasteiger partial charge in [-0.25, -0.2) is 18.1 Å². The number of nitrogens with zero attached hydrogens (tertiary/aromatic N) is 1. The standard InChI is InChI=1S/C14H18N2O3S2/c1-11-14(20-12(2)16-11)10-15-21(17,18)9-8-19-13-6-4-3-5-7-13/h3-7,15H,8-10H2,1-2H3. The third kappa shape index (κ3) is 5.11. The number of benzene rings is 1. The monoisotopic (exact) mass is 326 g/mol. The van der Waals surface area contributed by atoms with Crippen LogP contribution in [0.25, 0.3) is 0 Å². The Labute approximate surface area is 129 Å². The van der Waals surface area contributed by atoms with Crippen molar-refractivity contribution in [2.75, 3.05) is 12.4 Å². The Morgan fingerprint density at radius 2 is 1.95 bits per heavy atom. The summed E-state index contributed by atoms with van der Waals surface area (Å²) >= 11 is 1.51. The highest BCUT2D eigenvalue weighted by Crippen LogP contribution is 2.16. The quantitative estimate of drug-likeness (QED) is 0.847. The van der Waals surface area contributed by atoms with Crippen LogP contribution in [0.3, 0.4) is 0 Å². The van der Waals surface area contributed by atoms with Crippen LogP contribution < -0.4 is 9.46 Å². The van der Waals surface area contributed by atoms with Crippen LogP contribution in [0.4, 0.5) is 0 Å². The fourth-order valence-corrected chi connectivity index (χ4v) is 3.55. The molecule has 0 aliphatic heterocycles. The fraction of sp³-hybridized carbons (Fsp3) is 0.357. The summed E-state index contributed by atoms with van der Waals surface area (Å²) in [6.45, 7) is 4.19. The van der Waals surface area contributed by atoms with Gasteiger partial charge in [0.25, 0.3) is 0 Å². The second kappa shape index (κ2) is 7.02. The lowest BCUT2D eigenvalue weighted by Crippen LogP contribution is -2.28. The zero-order chi connectivity index (χ0) is 15.3. The number of hydrogen-bond donors (Lipinski definition) is 1. The second-order valence-corrected chi connectivity index (χ2v) is 7.76. The number of hydrogen-bond acceptors (Lipinski definition) is 5. The average Bonchev–Trinajstić information content (AvgIpc) is 2.76. The van der Waals surface area contributed by atoms with E-state index < -0.39 is 10.0 Å². The summed E-state index contributed by atoms with van der Waals surface area (Å²) in [5, 5.41) is 0.939. The average molecular weight is 326 g/mol. The summed E-state index contributed by atoms with van der Waals surface area (Å²) in [6.07, 6.45) is 0. The van der Waals surface area contributed by atoms with Crippen molar-refractivity contribution in [1.82, 2.24) is 9.71 Å². The van der Waals surface area contributed by atoms with Gasteiger partial charge in [0.05, 0.1) is 16.5 Å². The van der Waals surface area contributed by atoms with Crippen molar-refractivity contribution in [2.45, 2.75) is 20.4 Å². The van der Waals surface area contributed by atoms with E-state index in [4.69, 9.17) is 4.74 Å². The first-order chi connectivity index (χ1) is 9.96. The number of aromatic nitrogens is 1. The number of para-hydroxylation sites is 1. The van der Waals surface area contributed by atoms with Gasteiger partial charge in [-0.1, -0.05) is 18.2 Å². The Bertz CT molecular complexity index is 681. The second-order valence-electron chi connectivity index (χ2n) is 4.54. The maximum absolute atomic E-state index is 11.9. The number of ether oxygens (including phenoxy) is 1. The zero-order valence-electron chi connectivity index (χ0n) is 12.0. The largest absolute Gasteiger partial charge is 0.492 e. The number of sulfonamides is 1. The summed E-state index contributed by atoms with van der Waals surface area (Å²) in [7, 11) is -3.35. The molecule has 0 radical (unpaired) electrons. The molecule has 0 atom stereocenters. The molecule has 0 aliphatic carbocycles. The van der Waals surface area contributed by atoms with Gasteiger partial charge in [0.15, 0.2) is 0 Å². The molecule has 0 bridgehead atoms. The van der Waals surface area contributed by atoms with Crippen LogP contribution in [0, 0.1) is 13.8 Å². The summed E-state index contributed by atoms with van der Waals surface area (Å²) in [5.41, 5.74) is 0.876. The predicted octanol–water partition coefficient (Wildman–Crippen LogP) is 2.26. The molecule has 1 aromatic heterocycles. The van der Waals surface area contributed by atoms with Crippen LogP contribution in [0.15, 0.2) is 30.3 Å². The van der Waals surface area contributed by atoms with E-state index in [2.05, 4.69) is 9.71 Å². The molecule has 0 unspecified atom stereocenters. The summed E-state index contributed by atoms with van der Waals surface area (Å²) in [4.78, 5) is 5.22. The van der Waals surface area contributed by atoms with Crippen LogP contribution in [0.5, 0.6) is 5.75 Å². The smallest absolute Gasteiger partial charge is 0.215 e. The Morgan fingerprint density at radius 3 is 2.57 bits per heavy atom. The van der Waals surface area contributed by atoms with Gasteiger partial charge in [-0.2, -0.15) is 0 Å². The molecule has 7 heteroatoms. The lowest BCUT2D eigenvalue weighted by molar-refractivity contribution is 0.340. The number of rotatable bonds is 7. The molecule has 0 saturated carbocycles. The van der Waals surface area contributed by atoms with Gasteiger partial charge in [0.1, 0.15) is 12.4 Å². The van der Waals surface area contributed by atoms with Crippen molar-refractivity contribution in [3.05, 3.63) is 45.9 Å². The maximum atomic E-state index is 11.9. The van der Waals surface area contributed by atoms with Crippen molar-refractivity contribution in [2.24, 2.45) is 0 Å². The molecule has 2 aromatic rings. The molecule has 114 valence electrons. The van der Waals surface area contributed by atoms with Crippen LogP contribution in [0.2, 0.25) is 0 Å². The number of thiazole rings is 1. The number of nitrogens with one attached hydrogen (secondary N) is 1. The van der Waals surface area contributed by atoms with Gasteiger partial charge in [0, 0.05) is 11.4 Å². The summed E-state index contributed by atoms with van der Waals surface area (Å²) in [6, 6.07) is 9.16. The fourth-order valence-electron chi connectivity index (χ4n) is 1.77. The van der Waals surface area contributed by atoms with E-state index in [1.165, 1.54) is 11.3 Å². The topological polar surface area (TPSA) is 68.3 Å². The molecule has 5 nitrogen and oxygen atoms in total. The van der Waals surface area contributed by atoms with Gasteiger partial charge >= 0.3 is 0 Å². The molecule has 1 N–H and O–H groups in total. The van der Waals surface area contributed by atoms with Crippen LogP contribution in [-0.2, 0) is 16.6 Å². The summed E-state index contributed by atoms with van der Waals surface area (Å²) < 4.78 is 31.8. The van der Waals surface area contributed by atoms with Gasteiger partial charge in [-0.15, -0.1) is 11.3 Å². The van der Waals surface area contributed by atoms with E-state index in [9.17, 15) is 8.42 Å². The van der Waals surface area contributed by atoms with Crippen LogP contribution >= 0.6 is 11.3 Å². The van der Waals surface area contributed by atoms with Crippen molar-refractivity contribution in [3.63, 3.8) is 0 Å². The molecule has 0 aliphatic rings. The van der Waals surface area contributed by atoms with Gasteiger partial charge in [-0.05, 0) is 26.0 Å². The summed E-state index contributed by atoms with van der Waals surface area (Å²) in [5.74, 6) is 0.597. The van der Waals surface area contributed by atoms with Gasteiger partial charge in [0.2, 0.25) is 10.0 Å². The predicted molar refractivity (Wildman–Crippen MR) is 84.2 cm³/mol. The highest BCUT2D eigenvalue weighted by molar-refractivity contribution is 7.89. The van der Waals surface area contributed by atoms with Gasteiger partial charge in [-0.3, -0.25) is 0 Å². The Hall–Kier alpha value is -1.44. The first-order valence-electron chi connectivity index (χ1n) is 6.54. The molecule has 0 saturated heterocycles. The van der Waals surface area contributed by atoms with Crippen molar-refractivity contribution in [1.29, 1.82) is 0 Å². The van der Waals surface area contributed by atoms with E-state index in [-0.39, 0.29) is 18.9 Å². The molecule has 21 heavy (non-hydrogen) atoms. The minimum absolute atomic E-state index is 0.0707. The van der Waals surface area contributed by atoms with Crippen molar-refractivity contribution in [3.8, 4) is 5.75 Å². The lowest BCUT2D eigenvalue weighted by Gasteiger charge is -2.08. The first kappa shape index (κ1) is 15.9. The third-order valence-electron chi connectivity index (χ3n) is 2.82. The van der Waals surface area contributed by atoms with E-state index in [0.29, 0.717) is 5.75 Å². The Balaban J connectivity index is 1.81. The van der Waals surface area contributed by atoms with Crippen molar-refractivity contribution < 1.29 is 13.2 Å². The third-order valence-corrected chi connectivity index (χ3v) is 5.18. The Kier molecular flexibility index (Phi) is 5.33. The molecule has 1 heterocycles. The molecule has 2 rings (SSSR count). The zero-order valence-corrected chi connectivity index (χ0v) is 13.6. The minimum atomic E-state index is -3.35. The molecule has 0 fully saturated rings. The minimum Gasteiger partial charge on any atom is -0.492 e. The van der Waals surface area contributed by atoms with Crippen LogP contribution in [-0.4, -0.2) is 25.8 Å². The van der Waals surface area contributed by atoms with E-state index in [1.54, 1.807) is 12.1 Å². The molecule has 0 spiro atoms. The molecule has 0 amide bonds. The Morgan fingerprint density at radius 1 is 1.24 bits per heavy atom. The van der Waals surface area contributed by atoms with E-state index in [1.807, 2.05) is 32.0 Å². The first-order valence-corrected chi connectivity index (χ1v) is 9.01. The van der Waals surface area contributed by atoms with Crippen molar-refractivity contribution >= 4 is 21.4 Å². The highest BCUT2D eigenvalue weighted by atomic mass is 32.2. The maximum Gasteiger partial charge on any atom is 0.215 e. The molecular formula is C14H18N2O3S2. The molecule has 1 aromatic carbocycles. The van der Waals surface area contributed by atoms with Gasteiger partial charge < -0.3 is 4.74 Å². The highest BCUT2D eigenvalue weighted by Gasteiger charge is 2.12. The normalized spacial score (nSPS) is 11.5. The van der Waals surface area contributed by atoms with E-state index >= 15 is 0 Å². The molecular weight excluding hydrogens is 308 g/mol. The lowest BCUT2D eigenvalue weighted by atomic mass is 10.3. The SMILES string of the molecule is Cc1nc(C)c(CNS(=O)(=O)CCOc2ccccc2)s1. The number of aryl methyl sites for hydroxylation is 2. The van der Waals surface area contributed by atoms with Crippen LogP contribution in [0.1, 0.15) is 15.6 Å².